The summed E-state index contributed by atoms with van der Waals surface area (Å²) in [6, 6.07) is 4.69. The van der Waals surface area contributed by atoms with E-state index in [4.69, 9.17) is 4.74 Å². The van der Waals surface area contributed by atoms with Crippen LogP contribution in [0.4, 0.5) is 13.6 Å². The average molecular weight is 358 g/mol. The summed E-state index contributed by atoms with van der Waals surface area (Å²) in [5.74, 6) is -1.42. The lowest BCUT2D eigenvalue weighted by Crippen LogP contribution is -2.27. The molecule has 2 aromatic rings. The van der Waals surface area contributed by atoms with Crippen LogP contribution in [0, 0.1) is 11.6 Å². The number of halogens is 3. The van der Waals surface area contributed by atoms with Crippen molar-refractivity contribution >= 4 is 22.0 Å². The van der Waals surface area contributed by atoms with Crippen LogP contribution in [-0.2, 0) is 4.74 Å². The van der Waals surface area contributed by atoms with E-state index in [9.17, 15) is 13.6 Å². The Morgan fingerprint density at radius 1 is 1.14 bits per heavy atom. The highest BCUT2D eigenvalue weighted by Gasteiger charge is 2.21. The van der Waals surface area contributed by atoms with Crippen LogP contribution < -0.4 is 0 Å². The first kappa shape index (κ1) is 15.7. The standard InChI is InChI=1S/C15H14BrF2NO2/c1-15(2,3)21-14(20)19-8-10(16)6-13(19)9-4-11(17)7-12(18)5-9/h4-8H,1-3H3. The summed E-state index contributed by atoms with van der Waals surface area (Å²) < 4.78 is 33.8. The third kappa shape index (κ3) is 3.91. The molecule has 0 aliphatic carbocycles. The van der Waals surface area contributed by atoms with Crippen molar-refractivity contribution in [3.63, 3.8) is 0 Å². The second-order valence-electron chi connectivity index (χ2n) is 5.55. The molecule has 1 heterocycles. The second-order valence-corrected chi connectivity index (χ2v) is 6.47. The van der Waals surface area contributed by atoms with Crippen molar-refractivity contribution in [1.29, 1.82) is 0 Å². The van der Waals surface area contributed by atoms with Gasteiger partial charge in [0, 0.05) is 22.3 Å². The molecule has 0 saturated carbocycles. The Hall–Kier alpha value is -1.69. The van der Waals surface area contributed by atoms with E-state index in [-0.39, 0.29) is 5.56 Å². The van der Waals surface area contributed by atoms with Crippen LogP contribution in [0.15, 0.2) is 34.9 Å². The monoisotopic (exact) mass is 357 g/mol. The Morgan fingerprint density at radius 2 is 1.71 bits per heavy atom. The van der Waals surface area contributed by atoms with Gasteiger partial charge >= 0.3 is 6.09 Å². The van der Waals surface area contributed by atoms with Crippen molar-refractivity contribution in [2.24, 2.45) is 0 Å². The van der Waals surface area contributed by atoms with Gasteiger partial charge in [-0.25, -0.2) is 13.6 Å². The first-order valence-electron chi connectivity index (χ1n) is 6.23. The zero-order valence-electron chi connectivity index (χ0n) is 11.8. The van der Waals surface area contributed by atoms with Gasteiger partial charge in [-0.15, -0.1) is 0 Å². The molecule has 0 N–H and O–H groups in total. The largest absolute Gasteiger partial charge is 0.443 e. The van der Waals surface area contributed by atoms with Gasteiger partial charge in [0.05, 0.1) is 5.69 Å². The lowest BCUT2D eigenvalue weighted by Gasteiger charge is -2.20. The van der Waals surface area contributed by atoms with Crippen LogP contribution in [-0.4, -0.2) is 16.3 Å². The molecule has 112 valence electrons. The van der Waals surface area contributed by atoms with Crippen molar-refractivity contribution in [2.45, 2.75) is 26.4 Å². The predicted octanol–water partition coefficient (Wildman–Crippen LogP) is 4.98. The van der Waals surface area contributed by atoms with Crippen LogP contribution >= 0.6 is 15.9 Å². The highest BCUT2D eigenvalue weighted by molar-refractivity contribution is 9.10. The number of nitrogens with zero attached hydrogens (tertiary/aromatic N) is 1. The van der Waals surface area contributed by atoms with Gasteiger partial charge in [0.2, 0.25) is 0 Å². The van der Waals surface area contributed by atoms with Crippen LogP contribution in [0.5, 0.6) is 0 Å². The molecule has 0 bridgehead atoms. The minimum absolute atomic E-state index is 0.254. The molecule has 0 saturated heterocycles. The van der Waals surface area contributed by atoms with Crippen LogP contribution in [0.1, 0.15) is 20.8 Å². The molecule has 6 heteroatoms. The van der Waals surface area contributed by atoms with Crippen LogP contribution in [0.3, 0.4) is 0 Å². The molecule has 0 aliphatic heterocycles. The fourth-order valence-corrected chi connectivity index (χ4v) is 2.24. The third-order valence-electron chi connectivity index (χ3n) is 2.54. The van der Waals surface area contributed by atoms with Crippen molar-refractivity contribution < 1.29 is 18.3 Å². The van der Waals surface area contributed by atoms with Gasteiger partial charge in [0.15, 0.2) is 0 Å². The SMILES string of the molecule is CC(C)(C)OC(=O)n1cc(Br)cc1-c1cc(F)cc(F)c1. The highest BCUT2D eigenvalue weighted by atomic mass is 79.9. The molecule has 0 atom stereocenters. The summed E-state index contributed by atoms with van der Waals surface area (Å²) in [5, 5.41) is 0. The molecule has 0 radical (unpaired) electrons. The molecular formula is C15H14BrF2NO2. The number of rotatable bonds is 1. The number of benzene rings is 1. The van der Waals surface area contributed by atoms with Gasteiger partial charge in [-0.3, -0.25) is 4.57 Å². The van der Waals surface area contributed by atoms with E-state index >= 15 is 0 Å². The molecule has 1 aromatic carbocycles. The molecule has 1 aromatic heterocycles. The van der Waals surface area contributed by atoms with Crippen molar-refractivity contribution in [2.75, 3.05) is 0 Å². The Labute approximate surface area is 129 Å². The van der Waals surface area contributed by atoms with E-state index in [1.807, 2.05) is 0 Å². The van der Waals surface area contributed by atoms with Gasteiger partial charge in [-0.05, 0) is 54.9 Å². The number of ether oxygens (including phenoxy) is 1. The number of hydrogen-bond acceptors (Lipinski definition) is 2. The number of hydrogen-bond donors (Lipinski definition) is 0. The van der Waals surface area contributed by atoms with E-state index < -0.39 is 23.3 Å². The first-order valence-corrected chi connectivity index (χ1v) is 7.03. The summed E-state index contributed by atoms with van der Waals surface area (Å²) in [6.45, 7) is 5.22. The molecule has 0 aliphatic rings. The lowest BCUT2D eigenvalue weighted by atomic mass is 10.1. The molecule has 0 fully saturated rings. The van der Waals surface area contributed by atoms with Crippen LogP contribution in [0.25, 0.3) is 11.3 Å². The molecule has 21 heavy (non-hydrogen) atoms. The third-order valence-corrected chi connectivity index (χ3v) is 2.97. The maximum Gasteiger partial charge on any atom is 0.419 e. The second kappa shape index (κ2) is 5.60. The van der Waals surface area contributed by atoms with Crippen molar-refractivity contribution in [1.82, 2.24) is 4.57 Å². The fraction of sp³-hybridized carbons (Fsp3) is 0.267. The number of aromatic nitrogens is 1. The summed E-state index contributed by atoms with van der Waals surface area (Å²) in [6.07, 6.45) is 0.875. The summed E-state index contributed by atoms with van der Waals surface area (Å²) in [4.78, 5) is 12.2. The quantitative estimate of drug-likeness (QED) is 0.720. The molecule has 0 unspecified atom stereocenters. The smallest absolute Gasteiger partial charge is 0.419 e. The maximum absolute atomic E-state index is 13.3. The van der Waals surface area contributed by atoms with Crippen molar-refractivity contribution in [3.8, 4) is 11.3 Å². The summed E-state index contributed by atoms with van der Waals surface area (Å²) in [7, 11) is 0. The van der Waals surface area contributed by atoms with Gasteiger partial charge < -0.3 is 4.74 Å². The van der Waals surface area contributed by atoms with E-state index in [1.54, 1.807) is 26.8 Å². The average Bonchev–Trinajstić information content (AvgIpc) is 2.68. The molecular weight excluding hydrogens is 344 g/mol. The minimum atomic E-state index is -0.710. The Balaban J connectivity index is 2.48. The fourth-order valence-electron chi connectivity index (χ4n) is 1.82. The summed E-state index contributed by atoms with van der Waals surface area (Å²) in [5.41, 5.74) is -0.0725. The van der Waals surface area contributed by atoms with Gasteiger partial charge in [0.25, 0.3) is 0 Å². The molecule has 3 nitrogen and oxygen atoms in total. The van der Waals surface area contributed by atoms with Gasteiger partial charge in [-0.1, -0.05) is 0 Å². The zero-order valence-corrected chi connectivity index (χ0v) is 13.4. The maximum atomic E-state index is 13.3. The molecule has 2 rings (SSSR count). The van der Waals surface area contributed by atoms with E-state index in [1.165, 1.54) is 10.8 Å². The van der Waals surface area contributed by atoms with Crippen molar-refractivity contribution in [3.05, 3.63) is 46.6 Å². The normalized spacial score (nSPS) is 11.5. The predicted molar refractivity (Wildman–Crippen MR) is 79.1 cm³/mol. The topological polar surface area (TPSA) is 31.2 Å². The number of carbonyl (C=O) groups is 1. The lowest BCUT2D eigenvalue weighted by molar-refractivity contribution is 0.0540. The Bertz CT molecular complexity index is 669. The Kier molecular flexibility index (Phi) is 4.18. The highest BCUT2D eigenvalue weighted by Crippen LogP contribution is 2.27. The number of carbonyl (C=O) groups excluding carboxylic acids is 1. The van der Waals surface area contributed by atoms with Gasteiger partial charge in [0.1, 0.15) is 17.2 Å². The molecule has 0 spiro atoms. The van der Waals surface area contributed by atoms with E-state index in [2.05, 4.69) is 15.9 Å². The van der Waals surface area contributed by atoms with E-state index in [0.29, 0.717) is 10.2 Å². The van der Waals surface area contributed by atoms with Gasteiger partial charge in [-0.2, -0.15) is 0 Å². The first-order chi connectivity index (χ1) is 9.65. The zero-order chi connectivity index (χ0) is 15.8. The minimum Gasteiger partial charge on any atom is -0.443 e. The van der Waals surface area contributed by atoms with E-state index in [0.717, 1.165) is 18.2 Å². The molecule has 0 amide bonds. The van der Waals surface area contributed by atoms with Crippen LogP contribution in [0.2, 0.25) is 0 Å². The Morgan fingerprint density at radius 3 is 2.24 bits per heavy atom. The summed E-state index contributed by atoms with van der Waals surface area (Å²) >= 11 is 3.25.